The zero-order valence-corrected chi connectivity index (χ0v) is 10.6. The molecule has 1 aromatic carbocycles. The van der Waals surface area contributed by atoms with Crippen molar-refractivity contribution in [3.8, 4) is 5.75 Å². The Bertz CT molecular complexity index is 387. The molecule has 1 aliphatic heterocycles. The molecule has 1 aliphatic rings. The lowest BCUT2D eigenvalue weighted by Gasteiger charge is -2.26. The number of nitrogens with two attached hydrogens (primary N) is 1. The molecule has 17 heavy (non-hydrogen) atoms. The standard InChI is InChI=1S/C12H17ClN2O2/c1-16-12-5-4-9(7-11(12)13)15-6-2-3-10(15)8-17-14/h4-5,7,10H,2-3,6,8,14H2,1H3. The number of nitrogens with zero attached hydrogens (tertiary/aromatic N) is 1. The fraction of sp³-hybridized carbons (Fsp3) is 0.500. The van der Waals surface area contributed by atoms with Gasteiger partial charge in [-0.2, -0.15) is 0 Å². The van der Waals surface area contributed by atoms with Crippen molar-refractivity contribution in [3.63, 3.8) is 0 Å². The summed E-state index contributed by atoms with van der Waals surface area (Å²) in [6.45, 7) is 1.56. The number of hydrogen-bond donors (Lipinski definition) is 1. The fourth-order valence-electron chi connectivity index (χ4n) is 2.29. The largest absolute Gasteiger partial charge is 0.495 e. The molecule has 2 N–H and O–H groups in total. The molecule has 4 nitrogen and oxygen atoms in total. The zero-order valence-electron chi connectivity index (χ0n) is 9.86. The number of benzene rings is 1. The van der Waals surface area contributed by atoms with Crippen LogP contribution in [-0.2, 0) is 4.84 Å². The number of hydrogen-bond acceptors (Lipinski definition) is 4. The van der Waals surface area contributed by atoms with Gasteiger partial charge in [-0.15, -0.1) is 0 Å². The van der Waals surface area contributed by atoms with Crippen LogP contribution in [0.3, 0.4) is 0 Å². The van der Waals surface area contributed by atoms with Crippen molar-refractivity contribution in [3.05, 3.63) is 23.2 Å². The minimum Gasteiger partial charge on any atom is -0.495 e. The Balaban J connectivity index is 2.18. The van der Waals surface area contributed by atoms with Crippen LogP contribution in [0, 0.1) is 0 Å². The third-order valence-corrected chi connectivity index (χ3v) is 3.43. The monoisotopic (exact) mass is 256 g/mol. The van der Waals surface area contributed by atoms with Crippen LogP contribution in [0.15, 0.2) is 18.2 Å². The molecular weight excluding hydrogens is 240 g/mol. The van der Waals surface area contributed by atoms with Crippen LogP contribution >= 0.6 is 11.6 Å². The van der Waals surface area contributed by atoms with Crippen molar-refractivity contribution in [1.29, 1.82) is 0 Å². The highest BCUT2D eigenvalue weighted by Gasteiger charge is 2.25. The Labute approximate surface area is 106 Å². The summed E-state index contributed by atoms with van der Waals surface area (Å²) in [5.41, 5.74) is 1.09. The first-order chi connectivity index (χ1) is 8.26. The normalized spacial score (nSPS) is 19.7. The first-order valence-corrected chi connectivity index (χ1v) is 6.06. The average molecular weight is 257 g/mol. The average Bonchev–Trinajstić information content (AvgIpc) is 2.78. The van der Waals surface area contributed by atoms with E-state index in [1.165, 1.54) is 0 Å². The van der Waals surface area contributed by atoms with Crippen LogP contribution in [-0.4, -0.2) is 26.3 Å². The Hall–Kier alpha value is -0.970. The molecule has 5 heteroatoms. The molecule has 0 aromatic heterocycles. The second-order valence-electron chi connectivity index (χ2n) is 4.14. The maximum Gasteiger partial charge on any atom is 0.137 e. The van der Waals surface area contributed by atoms with E-state index in [-0.39, 0.29) is 0 Å². The highest BCUT2D eigenvalue weighted by Crippen LogP contribution is 2.32. The predicted octanol–water partition coefficient (Wildman–Crippen LogP) is 2.21. The predicted molar refractivity (Wildman–Crippen MR) is 68.5 cm³/mol. The third kappa shape index (κ3) is 2.65. The summed E-state index contributed by atoms with van der Waals surface area (Å²) in [5, 5.41) is 0.629. The maximum atomic E-state index is 6.13. The van der Waals surface area contributed by atoms with E-state index in [0.717, 1.165) is 25.1 Å². The second kappa shape index (κ2) is 5.58. The highest BCUT2D eigenvalue weighted by atomic mass is 35.5. The molecule has 1 atom stereocenters. The maximum absolute atomic E-state index is 6.13. The van der Waals surface area contributed by atoms with E-state index >= 15 is 0 Å². The Morgan fingerprint density at radius 1 is 1.53 bits per heavy atom. The topological polar surface area (TPSA) is 47.7 Å². The third-order valence-electron chi connectivity index (χ3n) is 3.13. The van der Waals surface area contributed by atoms with E-state index in [1.54, 1.807) is 7.11 Å². The molecule has 94 valence electrons. The van der Waals surface area contributed by atoms with E-state index < -0.39 is 0 Å². The van der Waals surface area contributed by atoms with Gasteiger partial charge in [0.25, 0.3) is 0 Å². The Morgan fingerprint density at radius 3 is 3.00 bits per heavy atom. The molecule has 1 fully saturated rings. The molecule has 2 rings (SSSR count). The van der Waals surface area contributed by atoms with E-state index in [2.05, 4.69) is 4.90 Å². The minimum absolute atomic E-state index is 0.337. The lowest BCUT2D eigenvalue weighted by molar-refractivity contribution is 0.124. The van der Waals surface area contributed by atoms with Gasteiger partial charge < -0.3 is 14.5 Å². The van der Waals surface area contributed by atoms with Crippen LogP contribution in [0.5, 0.6) is 5.75 Å². The molecule has 0 radical (unpaired) electrons. The van der Waals surface area contributed by atoms with Crippen molar-refractivity contribution >= 4 is 17.3 Å². The first-order valence-electron chi connectivity index (χ1n) is 5.68. The molecule has 0 spiro atoms. The number of rotatable bonds is 4. The van der Waals surface area contributed by atoms with Crippen LogP contribution in [0.25, 0.3) is 0 Å². The zero-order chi connectivity index (χ0) is 12.3. The van der Waals surface area contributed by atoms with Gasteiger partial charge in [0.15, 0.2) is 0 Å². The van der Waals surface area contributed by atoms with Gasteiger partial charge in [0.1, 0.15) is 5.75 Å². The molecule has 0 amide bonds. The molecular formula is C12H17ClN2O2. The lowest BCUT2D eigenvalue weighted by atomic mass is 10.2. The van der Waals surface area contributed by atoms with Gasteiger partial charge >= 0.3 is 0 Å². The second-order valence-corrected chi connectivity index (χ2v) is 4.55. The smallest absolute Gasteiger partial charge is 0.137 e. The van der Waals surface area contributed by atoms with Gasteiger partial charge in [-0.25, -0.2) is 5.90 Å². The summed E-state index contributed by atoms with van der Waals surface area (Å²) in [6, 6.07) is 6.16. The van der Waals surface area contributed by atoms with Gasteiger partial charge in [0.2, 0.25) is 0 Å². The summed E-state index contributed by atoms with van der Waals surface area (Å²) < 4.78 is 5.14. The van der Waals surface area contributed by atoms with E-state index in [9.17, 15) is 0 Å². The van der Waals surface area contributed by atoms with Gasteiger partial charge in [0, 0.05) is 12.2 Å². The molecule has 0 bridgehead atoms. The number of anilines is 1. The molecule has 1 unspecified atom stereocenters. The molecule has 0 aliphatic carbocycles. The van der Waals surface area contributed by atoms with Crippen molar-refractivity contribution in [1.82, 2.24) is 0 Å². The summed E-state index contributed by atoms with van der Waals surface area (Å²) in [4.78, 5) is 7.03. The molecule has 0 saturated carbocycles. The lowest BCUT2D eigenvalue weighted by Crippen LogP contribution is -2.33. The highest BCUT2D eigenvalue weighted by molar-refractivity contribution is 6.32. The number of ether oxygens (including phenoxy) is 1. The van der Waals surface area contributed by atoms with Gasteiger partial charge in [-0.3, -0.25) is 0 Å². The molecule has 1 saturated heterocycles. The SMILES string of the molecule is COc1ccc(N2CCCC2CON)cc1Cl. The van der Waals surface area contributed by atoms with Gasteiger partial charge in [-0.05, 0) is 31.0 Å². The van der Waals surface area contributed by atoms with Crippen molar-refractivity contribution in [2.75, 3.05) is 25.2 Å². The van der Waals surface area contributed by atoms with Crippen LogP contribution in [0.1, 0.15) is 12.8 Å². The van der Waals surface area contributed by atoms with Crippen LogP contribution < -0.4 is 15.5 Å². The van der Waals surface area contributed by atoms with Gasteiger partial charge in [-0.1, -0.05) is 11.6 Å². The fourth-order valence-corrected chi connectivity index (χ4v) is 2.55. The van der Waals surface area contributed by atoms with Crippen LogP contribution in [0.2, 0.25) is 5.02 Å². The van der Waals surface area contributed by atoms with Crippen molar-refractivity contribution in [2.45, 2.75) is 18.9 Å². The Morgan fingerprint density at radius 2 is 2.35 bits per heavy atom. The summed E-state index contributed by atoms with van der Waals surface area (Å²) in [6.07, 6.45) is 2.25. The van der Waals surface area contributed by atoms with E-state index in [4.69, 9.17) is 27.1 Å². The molecule has 1 heterocycles. The Kier molecular flexibility index (Phi) is 4.10. The number of halogens is 1. The summed E-state index contributed by atoms with van der Waals surface area (Å²) in [5.74, 6) is 5.85. The van der Waals surface area contributed by atoms with Gasteiger partial charge in [0.05, 0.1) is 24.8 Å². The summed E-state index contributed by atoms with van der Waals surface area (Å²) in [7, 11) is 1.61. The van der Waals surface area contributed by atoms with Crippen molar-refractivity contribution < 1.29 is 9.57 Å². The quantitative estimate of drug-likeness (QED) is 0.839. The van der Waals surface area contributed by atoms with Crippen molar-refractivity contribution in [2.24, 2.45) is 5.90 Å². The van der Waals surface area contributed by atoms with E-state index in [1.807, 2.05) is 18.2 Å². The first kappa shape index (κ1) is 12.5. The minimum atomic E-state index is 0.337. The molecule has 1 aromatic rings. The van der Waals surface area contributed by atoms with Crippen LogP contribution in [0.4, 0.5) is 5.69 Å². The number of methoxy groups -OCH3 is 1. The van der Waals surface area contributed by atoms with E-state index in [0.29, 0.717) is 23.4 Å². The summed E-state index contributed by atoms with van der Waals surface area (Å²) >= 11 is 6.13.